The summed E-state index contributed by atoms with van der Waals surface area (Å²) < 4.78 is 0. The number of nitrogens with zero attached hydrogens (tertiary/aromatic N) is 1. The summed E-state index contributed by atoms with van der Waals surface area (Å²) in [4.78, 5) is 2.82. The van der Waals surface area contributed by atoms with Crippen molar-refractivity contribution in [1.29, 1.82) is 0 Å². The van der Waals surface area contributed by atoms with Gasteiger partial charge in [-0.05, 0) is 49.6 Å². The molecule has 0 spiro atoms. The fourth-order valence-corrected chi connectivity index (χ4v) is 3.85. The molecule has 2 nitrogen and oxygen atoms in total. The minimum Gasteiger partial charge on any atom is -0.316 e. The van der Waals surface area contributed by atoms with Crippen molar-refractivity contribution < 1.29 is 0 Å². The molecule has 0 aromatic heterocycles. The Bertz CT molecular complexity index is 250. The molecule has 2 rings (SSSR count). The summed E-state index contributed by atoms with van der Waals surface area (Å²) in [5, 5.41) is 3.60. The first-order valence-corrected chi connectivity index (χ1v) is 7.91. The summed E-state index contributed by atoms with van der Waals surface area (Å²) in [7, 11) is 0. The molecular weight excluding hydrogens is 220 g/mol. The van der Waals surface area contributed by atoms with E-state index in [9.17, 15) is 0 Å². The van der Waals surface area contributed by atoms with Crippen LogP contribution in [0.15, 0.2) is 0 Å². The largest absolute Gasteiger partial charge is 0.316 e. The Morgan fingerprint density at radius 3 is 2.22 bits per heavy atom. The average molecular weight is 252 g/mol. The molecule has 1 saturated carbocycles. The van der Waals surface area contributed by atoms with Crippen LogP contribution in [-0.2, 0) is 0 Å². The van der Waals surface area contributed by atoms with Crippen molar-refractivity contribution in [2.45, 2.75) is 59.4 Å². The Kier molecular flexibility index (Phi) is 4.71. The van der Waals surface area contributed by atoms with Gasteiger partial charge in [-0.15, -0.1) is 0 Å². The van der Waals surface area contributed by atoms with E-state index in [0.29, 0.717) is 5.41 Å². The van der Waals surface area contributed by atoms with Crippen LogP contribution in [0.4, 0.5) is 0 Å². The van der Waals surface area contributed by atoms with Gasteiger partial charge in [0.25, 0.3) is 0 Å². The van der Waals surface area contributed by atoms with Gasteiger partial charge in [0.1, 0.15) is 0 Å². The molecule has 0 radical (unpaired) electrons. The van der Waals surface area contributed by atoms with Crippen LogP contribution >= 0.6 is 0 Å². The van der Waals surface area contributed by atoms with E-state index < -0.39 is 0 Å². The molecule has 106 valence electrons. The van der Waals surface area contributed by atoms with Crippen molar-refractivity contribution in [3.63, 3.8) is 0 Å². The lowest BCUT2D eigenvalue weighted by molar-refractivity contribution is 0.0656. The van der Waals surface area contributed by atoms with Gasteiger partial charge in [-0.1, -0.05) is 34.1 Å². The van der Waals surface area contributed by atoms with Gasteiger partial charge in [-0.25, -0.2) is 0 Å². The molecule has 0 amide bonds. The molecule has 2 heteroatoms. The van der Waals surface area contributed by atoms with E-state index >= 15 is 0 Å². The maximum absolute atomic E-state index is 3.60. The second-order valence-corrected chi connectivity index (χ2v) is 7.74. The Morgan fingerprint density at radius 1 is 1.06 bits per heavy atom. The summed E-state index contributed by atoms with van der Waals surface area (Å²) >= 11 is 0. The van der Waals surface area contributed by atoms with Crippen LogP contribution in [-0.4, -0.2) is 37.1 Å². The second-order valence-electron chi connectivity index (χ2n) is 7.74. The third-order valence-corrected chi connectivity index (χ3v) is 4.77. The minimum atomic E-state index is 0.565. The molecule has 1 aliphatic carbocycles. The lowest BCUT2D eigenvalue weighted by atomic mass is 9.74. The van der Waals surface area contributed by atoms with Crippen molar-refractivity contribution in [1.82, 2.24) is 10.2 Å². The van der Waals surface area contributed by atoms with E-state index in [-0.39, 0.29) is 0 Å². The minimum absolute atomic E-state index is 0.565. The van der Waals surface area contributed by atoms with E-state index in [1.165, 1.54) is 51.9 Å². The third-order valence-electron chi connectivity index (χ3n) is 4.77. The molecule has 1 saturated heterocycles. The highest BCUT2D eigenvalue weighted by molar-refractivity contribution is 4.87. The first kappa shape index (κ1) is 14.3. The molecule has 2 aliphatic rings. The summed E-state index contributed by atoms with van der Waals surface area (Å²) in [5.74, 6) is 1.59. The Morgan fingerprint density at radius 2 is 1.67 bits per heavy atom. The molecule has 0 aromatic rings. The predicted octanol–water partition coefficient (Wildman–Crippen LogP) is 3.13. The fraction of sp³-hybridized carbons (Fsp3) is 1.00. The molecule has 1 N–H and O–H groups in total. The predicted molar refractivity (Wildman–Crippen MR) is 78.8 cm³/mol. The van der Waals surface area contributed by atoms with Crippen molar-refractivity contribution in [3.05, 3.63) is 0 Å². The summed E-state index contributed by atoms with van der Waals surface area (Å²) in [6.45, 7) is 14.7. The van der Waals surface area contributed by atoms with Gasteiger partial charge < -0.3 is 5.32 Å². The molecule has 1 heterocycles. The zero-order valence-electron chi connectivity index (χ0n) is 12.8. The van der Waals surface area contributed by atoms with Gasteiger partial charge >= 0.3 is 0 Å². The molecule has 0 bridgehead atoms. The molecule has 3 unspecified atom stereocenters. The number of rotatable bonds is 1. The van der Waals surface area contributed by atoms with Gasteiger partial charge in [-0.3, -0.25) is 4.90 Å². The smallest absolute Gasteiger partial charge is 0.0101 e. The average Bonchev–Trinajstić information content (AvgIpc) is 2.24. The van der Waals surface area contributed by atoms with Crippen molar-refractivity contribution >= 4 is 0 Å². The Balaban J connectivity index is 1.99. The van der Waals surface area contributed by atoms with Crippen molar-refractivity contribution in [2.75, 3.05) is 26.2 Å². The summed E-state index contributed by atoms with van der Waals surface area (Å²) in [6.07, 6.45) is 5.68. The lowest BCUT2D eigenvalue weighted by Gasteiger charge is -2.44. The SMILES string of the molecule is CC1CNCC(C)CN(C2CCCC(C)(C)C2)C1. The van der Waals surface area contributed by atoms with Crippen LogP contribution in [0.3, 0.4) is 0 Å². The highest BCUT2D eigenvalue weighted by atomic mass is 15.2. The highest BCUT2D eigenvalue weighted by Crippen LogP contribution is 2.37. The second kappa shape index (κ2) is 5.92. The van der Waals surface area contributed by atoms with E-state index in [4.69, 9.17) is 0 Å². The molecular formula is C16H32N2. The van der Waals surface area contributed by atoms with E-state index in [2.05, 4.69) is 37.9 Å². The Hall–Kier alpha value is -0.0800. The molecule has 0 aromatic carbocycles. The topological polar surface area (TPSA) is 15.3 Å². The van der Waals surface area contributed by atoms with Gasteiger partial charge in [0, 0.05) is 19.1 Å². The zero-order valence-corrected chi connectivity index (χ0v) is 12.8. The van der Waals surface area contributed by atoms with Crippen LogP contribution in [0.5, 0.6) is 0 Å². The molecule has 2 fully saturated rings. The number of nitrogens with one attached hydrogen (secondary N) is 1. The number of hydrogen-bond acceptors (Lipinski definition) is 2. The van der Waals surface area contributed by atoms with Gasteiger partial charge in [0.15, 0.2) is 0 Å². The maximum atomic E-state index is 3.60. The highest BCUT2D eigenvalue weighted by Gasteiger charge is 2.32. The van der Waals surface area contributed by atoms with Crippen LogP contribution in [0.1, 0.15) is 53.4 Å². The standard InChI is InChI=1S/C16H32N2/c1-13-9-17-10-14(2)12-18(11-13)15-6-5-7-16(3,4)8-15/h13-15,17H,5-12H2,1-4H3. The molecule has 3 atom stereocenters. The Labute approximate surface area is 114 Å². The molecule has 1 aliphatic heterocycles. The summed E-state index contributed by atoms with van der Waals surface area (Å²) in [6, 6.07) is 0.844. The maximum Gasteiger partial charge on any atom is 0.0101 e. The molecule has 18 heavy (non-hydrogen) atoms. The normalized spacial score (nSPS) is 39.0. The van der Waals surface area contributed by atoms with Gasteiger partial charge in [0.2, 0.25) is 0 Å². The zero-order chi connectivity index (χ0) is 13.2. The summed E-state index contributed by atoms with van der Waals surface area (Å²) in [5.41, 5.74) is 0.565. The fourth-order valence-electron chi connectivity index (χ4n) is 3.85. The van der Waals surface area contributed by atoms with E-state index in [1.807, 2.05) is 0 Å². The van der Waals surface area contributed by atoms with Gasteiger partial charge in [0.05, 0.1) is 0 Å². The first-order valence-electron chi connectivity index (χ1n) is 7.91. The van der Waals surface area contributed by atoms with Crippen LogP contribution in [0, 0.1) is 17.3 Å². The van der Waals surface area contributed by atoms with E-state index in [1.54, 1.807) is 0 Å². The third kappa shape index (κ3) is 3.96. The van der Waals surface area contributed by atoms with Crippen molar-refractivity contribution in [2.24, 2.45) is 17.3 Å². The monoisotopic (exact) mass is 252 g/mol. The van der Waals surface area contributed by atoms with Crippen LogP contribution < -0.4 is 5.32 Å². The number of hydrogen-bond donors (Lipinski definition) is 1. The first-order chi connectivity index (χ1) is 8.46. The van der Waals surface area contributed by atoms with Crippen LogP contribution in [0.2, 0.25) is 0 Å². The van der Waals surface area contributed by atoms with Crippen molar-refractivity contribution in [3.8, 4) is 0 Å². The lowest BCUT2D eigenvalue weighted by Crippen LogP contribution is -2.49. The van der Waals surface area contributed by atoms with Crippen LogP contribution in [0.25, 0.3) is 0 Å². The quantitative estimate of drug-likeness (QED) is 0.771. The van der Waals surface area contributed by atoms with Gasteiger partial charge in [-0.2, -0.15) is 0 Å². The van der Waals surface area contributed by atoms with E-state index in [0.717, 1.165) is 17.9 Å².